The zero-order chi connectivity index (χ0) is 14.6. The molecule has 1 aliphatic rings. The first-order valence-electron chi connectivity index (χ1n) is 6.59. The van der Waals surface area contributed by atoms with E-state index in [-0.39, 0.29) is 6.04 Å². The Hall–Kier alpha value is -0.700. The van der Waals surface area contributed by atoms with Crippen molar-refractivity contribution in [3.05, 3.63) is 22.8 Å². The van der Waals surface area contributed by atoms with Gasteiger partial charge in [-0.2, -0.15) is 12.7 Å². The molecule has 2 rings (SSSR count). The van der Waals surface area contributed by atoms with Crippen molar-refractivity contribution < 1.29 is 8.42 Å². The molecule has 1 saturated heterocycles. The second kappa shape index (κ2) is 6.84. The first-order chi connectivity index (χ1) is 9.54. The maximum absolute atomic E-state index is 12.5. The van der Waals surface area contributed by atoms with E-state index < -0.39 is 10.2 Å². The van der Waals surface area contributed by atoms with Crippen molar-refractivity contribution in [2.45, 2.75) is 25.3 Å². The second-order valence-corrected chi connectivity index (χ2v) is 7.24. The SMILES string of the molecule is CNCC1CCCCN1S(=O)(=O)Nc1ncccc1Br. The van der Waals surface area contributed by atoms with Crippen LogP contribution in [-0.4, -0.2) is 43.9 Å². The van der Waals surface area contributed by atoms with E-state index in [9.17, 15) is 8.42 Å². The molecule has 1 aromatic heterocycles. The number of hydrogen-bond acceptors (Lipinski definition) is 4. The van der Waals surface area contributed by atoms with Crippen LogP contribution >= 0.6 is 15.9 Å². The van der Waals surface area contributed by atoms with Crippen molar-refractivity contribution in [2.24, 2.45) is 0 Å². The summed E-state index contributed by atoms with van der Waals surface area (Å²) in [6.45, 7) is 1.20. The molecule has 1 aliphatic heterocycles. The smallest absolute Gasteiger partial charge is 0.303 e. The third-order valence-electron chi connectivity index (χ3n) is 3.31. The predicted molar refractivity (Wildman–Crippen MR) is 82.8 cm³/mol. The summed E-state index contributed by atoms with van der Waals surface area (Å²) in [5, 5.41) is 3.06. The van der Waals surface area contributed by atoms with Crippen molar-refractivity contribution in [1.29, 1.82) is 0 Å². The van der Waals surface area contributed by atoms with Gasteiger partial charge < -0.3 is 5.32 Å². The van der Waals surface area contributed by atoms with Gasteiger partial charge in [-0.05, 0) is 48.0 Å². The van der Waals surface area contributed by atoms with Gasteiger partial charge in [0.1, 0.15) is 0 Å². The largest absolute Gasteiger partial charge is 0.318 e. The van der Waals surface area contributed by atoms with Crippen LogP contribution in [0.4, 0.5) is 5.82 Å². The first-order valence-corrected chi connectivity index (χ1v) is 8.82. The van der Waals surface area contributed by atoms with Gasteiger partial charge >= 0.3 is 10.2 Å². The summed E-state index contributed by atoms with van der Waals surface area (Å²) in [6.07, 6.45) is 4.39. The van der Waals surface area contributed by atoms with E-state index in [1.54, 1.807) is 18.3 Å². The van der Waals surface area contributed by atoms with Crippen LogP contribution < -0.4 is 10.0 Å². The summed E-state index contributed by atoms with van der Waals surface area (Å²) in [5.41, 5.74) is 0. The molecule has 0 bridgehead atoms. The van der Waals surface area contributed by atoms with E-state index in [1.807, 2.05) is 7.05 Å². The topological polar surface area (TPSA) is 74.3 Å². The van der Waals surface area contributed by atoms with Crippen LogP contribution in [0, 0.1) is 0 Å². The van der Waals surface area contributed by atoms with Crippen LogP contribution in [0.25, 0.3) is 0 Å². The summed E-state index contributed by atoms with van der Waals surface area (Å²) in [5.74, 6) is 0.321. The van der Waals surface area contributed by atoms with Crippen molar-refractivity contribution in [3.63, 3.8) is 0 Å². The summed E-state index contributed by atoms with van der Waals surface area (Å²) in [4.78, 5) is 4.05. The minimum atomic E-state index is -3.58. The maximum Gasteiger partial charge on any atom is 0.303 e. The van der Waals surface area contributed by atoms with Gasteiger partial charge in [0, 0.05) is 25.3 Å². The standard InChI is InChI=1S/C12H19BrN4O2S/c1-14-9-10-5-2-3-8-17(10)20(18,19)16-12-11(13)6-4-7-15-12/h4,6-7,10,14H,2-3,5,8-9H2,1H3,(H,15,16). The molecule has 20 heavy (non-hydrogen) atoms. The second-order valence-electron chi connectivity index (χ2n) is 4.76. The van der Waals surface area contributed by atoms with Crippen molar-refractivity contribution in [1.82, 2.24) is 14.6 Å². The normalized spacial score (nSPS) is 20.8. The molecule has 1 aromatic rings. The number of nitrogens with zero attached hydrogens (tertiary/aromatic N) is 2. The summed E-state index contributed by atoms with van der Waals surface area (Å²) >= 11 is 3.30. The first kappa shape index (κ1) is 15.7. The molecule has 1 atom stereocenters. The van der Waals surface area contributed by atoms with E-state index in [4.69, 9.17) is 0 Å². The van der Waals surface area contributed by atoms with Gasteiger partial charge in [0.2, 0.25) is 0 Å². The Morgan fingerprint density at radius 1 is 1.50 bits per heavy atom. The third-order valence-corrected chi connectivity index (χ3v) is 5.50. The fourth-order valence-electron chi connectivity index (χ4n) is 2.37. The zero-order valence-corrected chi connectivity index (χ0v) is 13.7. The predicted octanol–water partition coefficient (Wildman–Crippen LogP) is 1.57. The molecule has 2 N–H and O–H groups in total. The molecule has 0 amide bonds. The Labute approximate surface area is 128 Å². The number of anilines is 1. The van der Waals surface area contributed by atoms with Crippen LogP contribution in [0.1, 0.15) is 19.3 Å². The number of halogens is 1. The molecule has 0 aliphatic carbocycles. The Morgan fingerprint density at radius 2 is 2.30 bits per heavy atom. The lowest BCUT2D eigenvalue weighted by Gasteiger charge is -2.34. The lowest BCUT2D eigenvalue weighted by Crippen LogP contribution is -2.50. The number of pyridine rings is 1. The van der Waals surface area contributed by atoms with E-state index in [1.165, 1.54) is 4.31 Å². The Balaban J connectivity index is 2.18. The highest BCUT2D eigenvalue weighted by Crippen LogP contribution is 2.24. The molecule has 1 unspecified atom stereocenters. The van der Waals surface area contributed by atoms with Gasteiger partial charge in [-0.15, -0.1) is 0 Å². The van der Waals surface area contributed by atoms with Crippen molar-refractivity contribution in [2.75, 3.05) is 24.9 Å². The molecular weight excluding hydrogens is 344 g/mol. The number of hydrogen-bond donors (Lipinski definition) is 2. The number of likely N-dealkylation sites (N-methyl/N-ethyl adjacent to an activating group) is 1. The van der Waals surface area contributed by atoms with Crippen LogP contribution in [0.5, 0.6) is 0 Å². The number of aromatic nitrogens is 1. The highest BCUT2D eigenvalue weighted by molar-refractivity contribution is 9.10. The lowest BCUT2D eigenvalue weighted by atomic mass is 10.1. The van der Waals surface area contributed by atoms with Crippen molar-refractivity contribution >= 4 is 32.0 Å². The van der Waals surface area contributed by atoms with Gasteiger partial charge in [-0.25, -0.2) is 4.98 Å². The number of rotatable bonds is 5. The molecule has 1 fully saturated rings. The monoisotopic (exact) mass is 362 g/mol. The minimum Gasteiger partial charge on any atom is -0.318 e. The fraction of sp³-hybridized carbons (Fsp3) is 0.583. The molecule has 8 heteroatoms. The number of piperidine rings is 1. The lowest BCUT2D eigenvalue weighted by molar-refractivity contribution is 0.250. The molecule has 6 nitrogen and oxygen atoms in total. The molecule has 112 valence electrons. The summed E-state index contributed by atoms with van der Waals surface area (Å²) < 4.78 is 29.8. The summed E-state index contributed by atoms with van der Waals surface area (Å²) in [7, 11) is -1.74. The van der Waals surface area contributed by atoms with Crippen molar-refractivity contribution in [3.8, 4) is 0 Å². The van der Waals surface area contributed by atoms with Gasteiger partial charge in [-0.3, -0.25) is 4.72 Å². The van der Waals surface area contributed by atoms with Crippen LogP contribution in [-0.2, 0) is 10.2 Å². The maximum atomic E-state index is 12.5. The van der Waals surface area contributed by atoms with Gasteiger partial charge in [-0.1, -0.05) is 6.42 Å². The van der Waals surface area contributed by atoms with E-state index in [0.29, 0.717) is 23.4 Å². The Bertz CT molecular complexity index is 550. The quantitative estimate of drug-likeness (QED) is 0.833. The van der Waals surface area contributed by atoms with Gasteiger partial charge in [0.05, 0.1) is 4.47 Å². The van der Waals surface area contributed by atoms with Crippen LogP contribution in [0.3, 0.4) is 0 Å². The minimum absolute atomic E-state index is 0.00580. The molecule has 2 heterocycles. The van der Waals surface area contributed by atoms with E-state index in [0.717, 1.165) is 19.3 Å². The highest BCUT2D eigenvalue weighted by Gasteiger charge is 2.32. The van der Waals surface area contributed by atoms with Gasteiger partial charge in [0.15, 0.2) is 5.82 Å². The average Bonchev–Trinajstić information content (AvgIpc) is 2.42. The molecule has 0 saturated carbocycles. The zero-order valence-electron chi connectivity index (χ0n) is 11.3. The number of nitrogens with one attached hydrogen (secondary N) is 2. The molecule has 0 spiro atoms. The fourth-order valence-corrected chi connectivity index (χ4v) is 4.32. The highest BCUT2D eigenvalue weighted by atomic mass is 79.9. The van der Waals surface area contributed by atoms with E-state index >= 15 is 0 Å². The molecule has 0 radical (unpaired) electrons. The molecular formula is C12H19BrN4O2S. The van der Waals surface area contributed by atoms with Crippen LogP contribution in [0.2, 0.25) is 0 Å². The van der Waals surface area contributed by atoms with E-state index in [2.05, 4.69) is 31.0 Å². The molecule has 0 aromatic carbocycles. The Morgan fingerprint density at radius 3 is 3.00 bits per heavy atom. The van der Waals surface area contributed by atoms with Crippen LogP contribution in [0.15, 0.2) is 22.8 Å². The Kier molecular flexibility index (Phi) is 5.36. The summed E-state index contributed by atoms with van der Waals surface area (Å²) in [6, 6.07) is 3.49. The average molecular weight is 363 g/mol. The van der Waals surface area contributed by atoms with Gasteiger partial charge in [0.25, 0.3) is 0 Å². The third kappa shape index (κ3) is 3.69.